The highest BCUT2D eigenvalue weighted by Gasteiger charge is 2.17. The number of hydrogen-bond acceptors (Lipinski definition) is 3. The fraction of sp³-hybridized carbons (Fsp3) is 0.417. The first-order valence-corrected chi connectivity index (χ1v) is 5.15. The first kappa shape index (κ1) is 12.5. The summed E-state index contributed by atoms with van der Waals surface area (Å²) in [6, 6.07) is 5.03. The number of likely N-dealkylation sites (N-methyl/N-ethyl adjacent to an activating group) is 1. The first-order valence-electron chi connectivity index (χ1n) is 5.15. The number of rotatable bonds is 3. The number of carbonyl (C=O) groups excluding carboxylic acids is 1. The SMILES string of the molecule is Cc1cccc(C(=O)N(C)CC(C)O)c1O. The maximum atomic E-state index is 11.9. The third-order valence-electron chi connectivity index (χ3n) is 2.35. The molecule has 1 rings (SSSR count). The van der Waals surface area contributed by atoms with Crippen LogP contribution in [-0.2, 0) is 0 Å². The molecule has 2 N–H and O–H groups in total. The van der Waals surface area contributed by atoms with Gasteiger partial charge in [0.1, 0.15) is 5.75 Å². The molecular formula is C12H17NO3. The average molecular weight is 223 g/mol. The number of aromatic hydroxyl groups is 1. The molecule has 1 atom stereocenters. The van der Waals surface area contributed by atoms with Crippen LogP contribution in [0.15, 0.2) is 18.2 Å². The third kappa shape index (κ3) is 2.73. The van der Waals surface area contributed by atoms with E-state index in [2.05, 4.69) is 0 Å². The molecular weight excluding hydrogens is 206 g/mol. The van der Waals surface area contributed by atoms with Crippen LogP contribution in [0.25, 0.3) is 0 Å². The summed E-state index contributed by atoms with van der Waals surface area (Å²) in [4.78, 5) is 13.3. The highest BCUT2D eigenvalue weighted by Crippen LogP contribution is 2.22. The third-order valence-corrected chi connectivity index (χ3v) is 2.35. The summed E-state index contributed by atoms with van der Waals surface area (Å²) in [7, 11) is 1.59. The number of hydrogen-bond donors (Lipinski definition) is 2. The molecule has 0 aliphatic rings. The molecule has 0 fully saturated rings. The molecule has 1 aromatic carbocycles. The van der Waals surface area contributed by atoms with Crippen LogP contribution in [0.3, 0.4) is 0 Å². The minimum Gasteiger partial charge on any atom is -0.507 e. The van der Waals surface area contributed by atoms with Gasteiger partial charge in [-0.25, -0.2) is 0 Å². The zero-order valence-corrected chi connectivity index (χ0v) is 9.77. The first-order chi connectivity index (χ1) is 7.43. The van der Waals surface area contributed by atoms with Crippen LogP contribution in [0.4, 0.5) is 0 Å². The number of nitrogens with zero attached hydrogens (tertiary/aromatic N) is 1. The maximum Gasteiger partial charge on any atom is 0.257 e. The van der Waals surface area contributed by atoms with Crippen molar-refractivity contribution in [1.82, 2.24) is 4.90 Å². The smallest absolute Gasteiger partial charge is 0.257 e. The second-order valence-electron chi connectivity index (χ2n) is 4.01. The molecule has 1 unspecified atom stereocenters. The van der Waals surface area contributed by atoms with Gasteiger partial charge in [0.15, 0.2) is 0 Å². The lowest BCUT2D eigenvalue weighted by molar-refractivity contribution is 0.0700. The van der Waals surface area contributed by atoms with E-state index in [1.54, 1.807) is 39.1 Å². The van der Waals surface area contributed by atoms with Crippen molar-refractivity contribution in [3.05, 3.63) is 29.3 Å². The monoisotopic (exact) mass is 223 g/mol. The van der Waals surface area contributed by atoms with Crippen LogP contribution < -0.4 is 0 Å². The Hall–Kier alpha value is -1.55. The van der Waals surface area contributed by atoms with E-state index in [1.807, 2.05) is 0 Å². The number of phenols is 1. The minimum absolute atomic E-state index is 0.00458. The van der Waals surface area contributed by atoms with Crippen LogP contribution in [0.1, 0.15) is 22.8 Å². The molecule has 1 amide bonds. The van der Waals surface area contributed by atoms with Crippen LogP contribution in [0.2, 0.25) is 0 Å². The Morgan fingerprint density at radius 1 is 1.50 bits per heavy atom. The Labute approximate surface area is 95.1 Å². The van der Waals surface area contributed by atoms with E-state index in [4.69, 9.17) is 0 Å². The van der Waals surface area contributed by atoms with Crippen molar-refractivity contribution < 1.29 is 15.0 Å². The Bertz CT molecular complexity index is 388. The van der Waals surface area contributed by atoms with Gasteiger partial charge in [0.25, 0.3) is 5.91 Å². The molecule has 0 aromatic heterocycles. The van der Waals surface area contributed by atoms with E-state index in [-0.39, 0.29) is 23.8 Å². The van der Waals surface area contributed by atoms with Crippen molar-refractivity contribution in [3.8, 4) is 5.75 Å². The largest absolute Gasteiger partial charge is 0.507 e. The van der Waals surface area contributed by atoms with Gasteiger partial charge in [-0.2, -0.15) is 0 Å². The molecule has 0 radical (unpaired) electrons. The zero-order chi connectivity index (χ0) is 12.3. The van der Waals surface area contributed by atoms with E-state index in [0.29, 0.717) is 5.56 Å². The molecule has 1 aromatic rings. The fourth-order valence-electron chi connectivity index (χ4n) is 1.52. The quantitative estimate of drug-likeness (QED) is 0.808. The van der Waals surface area contributed by atoms with Gasteiger partial charge < -0.3 is 15.1 Å². The number of para-hydroxylation sites is 1. The molecule has 0 aliphatic heterocycles. The van der Waals surface area contributed by atoms with E-state index >= 15 is 0 Å². The highest BCUT2D eigenvalue weighted by atomic mass is 16.3. The molecule has 88 valence electrons. The zero-order valence-electron chi connectivity index (χ0n) is 9.77. The lowest BCUT2D eigenvalue weighted by atomic mass is 10.1. The average Bonchev–Trinajstić information content (AvgIpc) is 2.20. The van der Waals surface area contributed by atoms with Gasteiger partial charge in [0, 0.05) is 13.6 Å². The van der Waals surface area contributed by atoms with Gasteiger partial charge in [0.05, 0.1) is 11.7 Å². The Morgan fingerprint density at radius 2 is 2.12 bits per heavy atom. The van der Waals surface area contributed by atoms with Gasteiger partial charge in [-0.1, -0.05) is 12.1 Å². The summed E-state index contributed by atoms with van der Waals surface area (Å²) >= 11 is 0. The van der Waals surface area contributed by atoms with Gasteiger partial charge in [-0.3, -0.25) is 4.79 Å². The van der Waals surface area contributed by atoms with Crippen LogP contribution in [-0.4, -0.2) is 40.7 Å². The maximum absolute atomic E-state index is 11.9. The van der Waals surface area contributed by atoms with E-state index in [9.17, 15) is 15.0 Å². The summed E-state index contributed by atoms with van der Waals surface area (Å²) in [5.74, 6) is -0.285. The van der Waals surface area contributed by atoms with E-state index in [1.165, 1.54) is 4.90 Å². The van der Waals surface area contributed by atoms with Crippen LogP contribution >= 0.6 is 0 Å². The van der Waals surface area contributed by atoms with Crippen LogP contribution in [0.5, 0.6) is 5.75 Å². The Balaban J connectivity index is 2.92. The topological polar surface area (TPSA) is 60.8 Å². The van der Waals surface area contributed by atoms with Crippen molar-refractivity contribution >= 4 is 5.91 Å². The summed E-state index contributed by atoms with van der Waals surface area (Å²) in [5.41, 5.74) is 0.930. The van der Waals surface area contributed by atoms with Crippen molar-refractivity contribution in [2.75, 3.05) is 13.6 Å². The van der Waals surface area contributed by atoms with Crippen molar-refractivity contribution in [1.29, 1.82) is 0 Å². The minimum atomic E-state index is -0.582. The van der Waals surface area contributed by atoms with Gasteiger partial charge in [-0.05, 0) is 25.5 Å². The Morgan fingerprint density at radius 3 is 2.69 bits per heavy atom. The van der Waals surface area contributed by atoms with E-state index in [0.717, 1.165) is 0 Å². The van der Waals surface area contributed by atoms with Gasteiger partial charge in [0.2, 0.25) is 0 Å². The number of phenolic OH excluding ortho intramolecular Hbond substituents is 1. The molecule has 0 aliphatic carbocycles. The van der Waals surface area contributed by atoms with Crippen molar-refractivity contribution in [3.63, 3.8) is 0 Å². The Kier molecular flexibility index (Phi) is 3.90. The summed E-state index contributed by atoms with van der Waals surface area (Å²) in [6.45, 7) is 3.59. The molecule has 0 spiro atoms. The number of aryl methyl sites for hydroxylation is 1. The lowest BCUT2D eigenvalue weighted by Crippen LogP contribution is -2.33. The second-order valence-corrected chi connectivity index (χ2v) is 4.01. The predicted molar refractivity (Wildman–Crippen MR) is 61.5 cm³/mol. The molecule has 0 bridgehead atoms. The normalized spacial score (nSPS) is 12.2. The molecule has 0 saturated heterocycles. The number of benzene rings is 1. The number of aliphatic hydroxyl groups excluding tert-OH is 1. The molecule has 0 heterocycles. The fourth-order valence-corrected chi connectivity index (χ4v) is 1.52. The molecule has 16 heavy (non-hydrogen) atoms. The van der Waals surface area contributed by atoms with E-state index < -0.39 is 6.10 Å². The summed E-state index contributed by atoms with van der Waals surface area (Å²) < 4.78 is 0. The van der Waals surface area contributed by atoms with Crippen molar-refractivity contribution in [2.24, 2.45) is 0 Å². The molecule has 4 nitrogen and oxygen atoms in total. The number of amides is 1. The van der Waals surface area contributed by atoms with Crippen molar-refractivity contribution in [2.45, 2.75) is 20.0 Å². The van der Waals surface area contributed by atoms with Crippen LogP contribution in [0, 0.1) is 6.92 Å². The summed E-state index contributed by atoms with van der Waals surface area (Å²) in [6.07, 6.45) is -0.582. The standard InChI is InChI=1S/C12H17NO3/c1-8-5-4-6-10(11(8)15)12(16)13(3)7-9(2)14/h4-6,9,14-15H,7H2,1-3H3. The lowest BCUT2D eigenvalue weighted by Gasteiger charge is -2.19. The highest BCUT2D eigenvalue weighted by molar-refractivity contribution is 5.97. The summed E-state index contributed by atoms with van der Waals surface area (Å²) in [5, 5.41) is 18.9. The molecule has 4 heteroatoms. The molecule has 0 saturated carbocycles. The number of carbonyl (C=O) groups is 1. The van der Waals surface area contributed by atoms with Gasteiger partial charge in [-0.15, -0.1) is 0 Å². The predicted octanol–water partition coefficient (Wildman–Crippen LogP) is 1.15. The second kappa shape index (κ2) is 4.99. The van der Waals surface area contributed by atoms with Gasteiger partial charge >= 0.3 is 0 Å². The number of aliphatic hydroxyl groups is 1.